The van der Waals surface area contributed by atoms with Crippen LogP contribution in [0.2, 0.25) is 0 Å². The van der Waals surface area contributed by atoms with Gasteiger partial charge in [-0.1, -0.05) is 0 Å². The Labute approximate surface area is 253 Å². The van der Waals surface area contributed by atoms with Crippen molar-refractivity contribution in [3.05, 3.63) is 91.0 Å². The van der Waals surface area contributed by atoms with Crippen LogP contribution in [0, 0.1) is 0 Å². The van der Waals surface area contributed by atoms with Crippen LogP contribution in [-0.2, 0) is 0 Å². The minimum atomic E-state index is -1.63. The standard InChI is InChI=1S/C18H15Ge.3Cl3Si.Ge/c1-4-10-16(11-5-1)19(17-12-6-2-7-13-17)18-14-8-3-9-15-18;3*1-4(2)3;/h1-15H;;;;. The molecule has 0 aliphatic rings. The topological polar surface area (TPSA) is 0 Å². The fraction of sp³-hybridized carbons (Fsp3) is 0. The van der Waals surface area contributed by atoms with Gasteiger partial charge in [-0.05, 0) is 0 Å². The molecule has 0 aliphatic heterocycles. The van der Waals surface area contributed by atoms with Gasteiger partial charge in [0.15, 0.2) is 0 Å². The van der Waals surface area contributed by atoms with Crippen LogP contribution in [0.25, 0.3) is 0 Å². The Kier molecular flexibility index (Phi) is 26.5. The first-order chi connectivity index (χ1) is 14.6. The Hall–Kier alpha value is 2.01. The molecule has 0 amide bonds. The summed E-state index contributed by atoms with van der Waals surface area (Å²) < 4.78 is 4.50. The molecule has 0 fully saturated rings. The minimum absolute atomic E-state index is 0. The van der Waals surface area contributed by atoms with Crippen molar-refractivity contribution in [3.63, 3.8) is 0 Å². The van der Waals surface area contributed by atoms with E-state index in [9.17, 15) is 0 Å². The summed E-state index contributed by atoms with van der Waals surface area (Å²) in [7, 11) is 0. The van der Waals surface area contributed by atoms with Crippen LogP contribution < -0.4 is 13.2 Å². The van der Waals surface area contributed by atoms with Crippen LogP contribution in [0.5, 0.6) is 0 Å². The molecule has 32 heavy (non-hydrogen) atoms. The van der Waals surface area contributed by atoms with Crippen LogP contribution in [0.4, 0.5) is 0 Å². The van der Waals surface area contributed by atoms with E-state index in [0.29, 0.717) is 0 Å². The third-order valence-corrected chi connectivity index (χ3v) is 8.92. The van der Waals surface area contributed by atoms with E-state index in [1.165, 1.54) is 13.2 Å². The third-order valence-electron chi connectivity index (χ3n) is 3.19. The van der Waals surface area contributed by atoms with Gasteiger partial charge in [-0.15, -0.1) is 99.7 Å². The van der Waals surface area contributed by atoms with E-state index in [0.717, 1.165) is 0 Å². The quantitative estimate of drug-likeness (QED) is 0.201. The van der Waals surface area contributed by atoms with Crippen molar-refractivity contribution in [1.29, 1.82) is 0 Å². The molecule has 3 aromatic rings. The normalized spacial score (nSPS) is 9.66. The van der Waals surface area contributed by atoms with Crippen molar-refractivity contribution in [3.8, 4) is 0 Å². The second-order valence-corrected chi connectivity index (χ2v) is 27.0. The second-order valence-electron chi connectivity index (χ2n) is 5.12. The monoisotopic (exact) mass is 778 g/mol. The van der Waals surface area contributed by atoms with E-state index < -0.39 is 34.5 Å². The van der Waals surface area contributed by atoms with E-state index in [-0.39, 0.29) is 17.6 Å². The zero-order chi connectivity index (χ0) is 23.6. The second kappa shape index (κ2) is 23.4. The maximum absolute atomic E-state index is 4.91. The van der Waals surface area contributed by atoms with E-state index in [4.69, 9.17) is 99.7 Å². The molecule has 3 aromatic carbocycles. The Balaban J connectivity index is 0. The maximum atomic E-state index is 4.91. The van der Waals surface area contributed by atoms with Gasteiger partial charge in [-0.3, -0.25) is 0 Å². The van der Waals surface area contributed by atoms with Gasteiger partial charge >= 0.3 is 139 Å². The predicted octanol–water partition coefficient (Wildman–Crippen LogP) is 6.89. The van der Waals surface area contributed by atoms with Crippen molar-refractivity contribution in [1.82, 2.24) is 0 Å². The van der Waals surface area contributed by atoms with Gasteiger partial charge < -0.3 is 0 Å². The number of hydrogen-bond acceptors (Lipinski definition) is 0. The van der Waals surface area contributed by atoms with Gasteiger partial charge in [0.05, 0.1) is 0 Å². The molecule has 0 heterocycles. The molecule has 0 N–H and O–H groups in total. The summed E-state index contributed by atoms with van der Waals surface area (Å²) in [6, 6.07) is 32.8. The molecule has 0 saturated heterocycles. The first kappa shape index (κ1) is 36.2. The van der Waals surface area contributed by atoms with E-state index in [1.807, 2.05) is 0 Å². The molecule has 14 heteroatoms. The van der Waals surface area contributed by atoms with Crippen molar-refractivity contribution >= 4 is 165 Å². The molecule has 0 aromatic heterocycles. The van der Waals surface area contributed by atoms with E-state index in [1.54, 1.807) is 0 Å². The molecule has 0 saturated carbocycles. The summed E-state index contributed by atoms with van der Waals surface area (Å²) in [4.78, 5) is 0. The molecule has 0 unspecified atom stereocenters. The van der Waals surface area contributed by atoms with Crippen molar-refractivity contribution in [2.75, 3.05) is 0 Å². The fourth-order valence-electron chi connectivity index (χ4n) is 2.31. The Bertz CT molecular complexity index is 673. The summed E-state index contributed by atoms with van der Waals surface area (Å²) in [5.41, 5.74) is 0. The van der Waals surface area contributed by atoms with Gasteiger partial charge in [-0.25, -0.2) is 0 Å². The van der Waals surface area contributed by atoms with Gasteiger partial charge in [0, 0.05) is 17.6 Å². The van der Waals surface area contributed by atoms with E-state index in [2.05, 4.69) is 91.0 Å². The average Bonchev–Trinajstić information content (AvgIpc) is 2.69. The predicted molar refractivity (Wildman–Crippen MR) is 160 cm³/mol. The zero-order valence-corrected chi connectivity index (χ0v) is 30.1. The van der Waals surface area contributed by atoms with Crippen LogP contribution in [-0.4, -0.2) is 52.1 Å². The summed E-state index contributed by atoms with van der Waals surface area (Å²) in [5.74, 6) is 0. The molecule has 0 nitrogen and oxygen atoms in total. The van der Waals surface area contributed by atoms with Crippen LogP contribution in [0.1, 0.15) is 0 Å². The Morgan fingerprint density at radius 3 is 0.688 bits per heavy atom. The summed E-state index contributed by atoms with van der Waals surface area (Å²) >= 11 is 42.5. The SMILES string of the molecule is Cl[Si](Cl)Cl.Cl[Si](Cl)Cl.Cl[Si](Cl)Cl.[Ge].c1cc[c]([Ge]([c]2ccccc2)[c]2ccccc2)cc1. The first-order valence-corrected chi connectivity index (χ1v) is 24.9. The van der Waals surface area contributed by atoms with Crippen LogP contribution in [0.3, 0.4) is 0 Å². The summed E-state index contributed by atoms with van der Waals surface area (Å²) in [6.07, 6.45) is 0. The third kappa shape index (κ3) is 21.3. The Morgan fingerprint density at radius 1 is 0.375 bits per heavy atom. The number of halogens is 9. The van der Waals surface area contributed by atoms with Crippen molar-refractivity contribution < 1.29 is 0 Å². The van der Waals surface area contributed by atoms with E-state index >= 15 is 0 Å². The Morgan fingerprint density at radius 2 is 0.531 bits per heavy atom. The van der Waals surface area contributed by atoms with Gasteiger partial charge in [0.1, 0.15) is 0 Å². The number of benzene rings is 3. The van der Waals surface area contributed by atoms with Crippen molar-refractivity contribution in [2.45, 2.75) is 0 Å². The molecule has 0 aliphatic carbocycles. The molecule has 0 spiro atoms. The average molecular weight is 780 g/mol. The van der Waals surface area contributed by atoms with Gasteiger partial charge in [0.25, 0.3) is 0 Å². The first-order valence-electron chi connectivity index (χ1n) is 8.18. The molecular formula is C18H15Cl9Ge2Si3. The van der Waals surface area contributed by atoms with Gasteiger partial charge in [-0.2, -0.15) is 0 Å². The van der Waals surface area contributed by atoms with Crippen molar-refractivity contribution in [2.24, 2.45) is 0 Å². The van der Waals surface area contributed by atoms with Crippen LogP contribution in [0.15, 0.2) is 91.0 Å². The fourth-order valence-corrected chi connectivity index (χ4v) is 7.72. The number of hydrogen-bond donors (Lipinski definition) is 0. The molecular weight excluding hydrogens is 765 g/mol. The molecule has 170 valence electrons. The van der Waals surface area contributed by atoms with Gasteiger partial charge in [0.2, 0.25) is 0 Å². The molecule has 3 rings (SSSR count). The number of rotatable bonds is 3. The molecule has 0 atom stereocenters. The molecule has 0 bridgehead atoms. The summed E-state index contributed by atoms with van der Waals surface area (Å²) in [5, 5.41) is 0. The molecule has 8 radical (unpaired) electrons. The summed E-state index contributed by atoms with van der Waals surface area (Å²) in [6.45, 7) is -4.39. The zero-order valence-electron chi connectivity index (χ0n) is 16.1. The van der Waals surface area contributed by atoms with Crippen LogP contribution >= 0.6 is 99.7 Å².